The minimum atomic E-state index is -1.03. The van der Waals surface area contributed by atoms with Gasteiger partial charge in [0.1, 0.15) is 6.54 Å². The van der Waals surface area contributed by atoms with Crippen molar-refractivity contribution in [1.29, 1.82) is 0 Å². The fourth-order valence-corrected chi connectivity index (χ4v) is 3.27. The van der Waals surface area contributed by atoms with Gasteiger partial charge in [-0.3, -0.25) is 14.4 Å². The third kappa shape index (κ3) is 6.26. The molecule has 0 radical (unpaired) electrons. The molecule has 3 rings (SSSR count). The lowest BCUT2D eigenvalue weighted by Gasteiger charge is -2.16. The predicted octanol–water partition coefficient (Wildman–Crippen LogP) is 4.42. The predicted molar refractivity (Wildman–Crippen MR) is 123 cm³/mol. The zero-order valence-electron chi connectivity index (χ0n) is 16.8. The molecule has 31 heavy (non-hydrogen) atoms. The van der Waals surface area contributed by atoms with E-state index < -0.39 is 23.9 Å². The van der Waals surface area contributed by atoms with Crippen LogP contribution in [0.2, 0.25) is 0 Å². The number of esters is 1. The van der Waals surface area contributed by atoms with Crippen molar-refractivity contribution < 1.29 is 19.1 Å². The Hall–Kier alpha value is -3.45. The van der Waals surface area contributed by atoms with Crippen molar-refractivity contribution in [3.05, 3.63) is 88.9 Å². The molecule has 6 nitrogen and oxygen atoms in total. The standard InChI is InChI=1S/C24H21BrN2O4/c1-16(31-22(28)15-26-24(30)18-10-7-11-19(25)14-18)23(29)27-21-13-6-5-12-20(21)17-8-3-2-4-9-17/h2-14,16H,15H2,1H3,(H,26,30)(H,27,29). The fraction of sp³-hybridized carbons (Fsp3) is 0.125. The summed E-state index contributed by atoms with van der Waals surface area (Å²) in [5, 5.41) is 5.29. The largest absolute Gasteiger partial charge is 0.451 e. The number of hydrogen-bond acceptors (Lipinski definition) is 4. The van der Waals surface area contributed by atoms with Gasteiger partial charge in [0, 0.05) is 21.3 Å². The second-order valence-corrected chi connectivity index (χ2v) is 7.64. The van der Waals surface area contributed by atoms with Crippen LogP contribution in [0.5, 0.6) is 0 Å². The molecule has 0 heterocycles. The van der Waals surface area contributed by atoms with Crippen molar-refractivity contribution in [2.45, 2.75) is 13.0 Å². The van der Waals surface area contributed by atoms with E-state index >= 15 is 0 Å². The van der Waals surface area contributed by atoms with E-state index in [0.717, 1.165) is 15.6 Å². The van der Waals surface area contributed by atoms with Crippen LogP contribution in [-0.4, -0.2) is 30.4 Å². The molecule has 3 aromatic rings. The maximum atomic E-state index is 12.5. The van der Waals surface area contributed by atoms with Gasteiger partial charge in [-0.25, -0.2) is 0 Å². The van der Waals surface area contributed by atoms with E-state index in [1.807, 2.05) is 48.5 Å². The quantitative estimate of drug-likeness (QED) is 0.490. The average molecular weight is 481 g/mol. The number of para-hydroxylation sites is 1. The number of hydrogen-bond donors (Lipinski definition) is 2. The van der Waals surface area contributed by atoms with E-state index in [4.69, 9.17) is 4.74 Å². The minimum Gasteiger partial charge on any atom is -0.451 e. The van der Waals surface area contributed by atoms with Crippen molar-refractivity contribution in [3.63, 3.8) is 0 Å². The van der Waals surface area contributed by atoms with Crippen LogP contribution < -0.4 is 10.6 Å². The summed E-state index contributed by atoms with van der Waals surface area (Å²) >= 11 is 3.29. The van der Waals surface area contributed by atoms with Crippen LogP contribution in [0.25, 0.3) is 11.1 Å². The summed E-state index contributed by atoms with van der Waals surface area (Å²) in [5.41, 5.74) is 2.84. The third-order valence-electron chi connectivity index (χ3n) is 4.43. The number of carbonyl (C=O) groups is 3. The molecule has 0 bridgehead atoms. The van der Waals surface area contributed by atoms with Gasteiger partial charge in [0.05, 0.1) is 0 Å². The Balaban J connectivity index is 1.55. The first-order valence-electron chi connectivity index (χ1n) is 9.62. The van der Waals surface area contributed by atoms with Crippen LogP contribution in [-0.2, 0) is 14.3 Å². The summed E-state index contributed by atoms with van der Waals surface area (Å²) in [6, 6.07) is 23.8. The normalized spacial score (nSPS) is 11.3. The van der Waals surface area contributed by atoms with Gasteiger partial charge < -0.3 is 15.4 Å². The summed E-state index contributed by atoms with van der Waals surface area (Å²) in [5.74, 6) is -1.58. The lowest BCUT2D eigenvalue weighted by atomic mass is 10.0. The van der Waals surface area contributed by atoms with Gasteiger partial charge in [-0.2, -0.15) is 0 Å². The highest BCUT2D eigenvalue weighted by Crippen LogP contribution is 2.27. The molecule has 7 heteroatoms. The second-order valence-electron chi connectivity index (χ2n) is 6.73. The van der Waals surface area contributed by atoms with E-state index in [9.17, 15) is 14.4 Å². The lowest BCUT2D eigenvalue weighted by molar-refractivity contribution is -0.152. The summed E-state index contributed by atoms with van der Waals surface area (Å²) in [7, 11) is 0. The summed E-state index contributed by atoms with van der Waals surface area (Å²) in [6.45, 7) is 1.14. The zero-order chi connectivity index (χ0) is 22.2. The molecular weight excluding hydrogens is 460 g/mol. The number of anilines is 1. The molecule has 0 aliphatic rings. The molecule has 1 unspecified atom stereocenters. The molecule has 158 valence electrons. The van der Waals surface area contributed by atoms with E-state index in [1.165, 1.54) is 6.92 Å². The van der Waals surface area contributed by atoms with Gasteiger partial charge in [-0.05, 0) is 36.8 Å². The molecule has 0 saturated carbocycles. The van der Waals surface area contributed by atoms with Crippen LogP contribution in [0.1, 0.15) is 17.3 Å². The first-order chi connectivity index (χ1) is 14.9. The van der Waals surface area contributed by atoms with Crippen molar-refractivity contribution in [1.82, 2.24) is 5.32 Å². The van der Waals surface area contributed by atoms with Gasteiger partial charge in [0.2, 0.25) is 0 Å². The Morgan fingerprint density at radius 2 is 1.65 bits per heavy atom. The number of ether oxygens (including phenoxy) is 1. The van der Waals surface area contributed by atoms with Crippen molar-refractivity contribution in [2.24, 2.45) is 0 Å². The molecule has 0 aliphatic carbocycles. The Bertz CT molecular complexity index is 1090. The number of halogens is 1. The summed E-state index contributed by atoms with van der Waals surface area (Å²) in [4.78, 5) is 36.7. The van der Waals surface area contributed by atoms with Crippen LogP contribution in [0.3, 0.4) is 0 Å². The van der Waals surface area contributed by atoms with Crippen LogP contribution >= 0.6 is 15.9 Å². The van der Waals surface area contributed by atoms with Gasteiger partial charge in [-0.15, -0.1) is 0 Å². The van der Waals surface area contributed by atoms with Crippen molar-refractivity contribution >= 4 is 39.4 Å². The molecule has 0 aromatic heterocycles. The molecule has 0 spiro atoms. The monoisotopic (exact) mass is 480 g/mol. The maximum absolute atomic E-state index is 12.5. The van der Waals surface area contributed by atoms with Gasteiger partial charge in [0.15, 0.2) is 6.10 Å². The Kier molecular flexibility index (Phi) is 7.56. The number of amides is 2. The SMILES string of the molecule is CC(OC(=O)CNC(=O)c1cccc(Br)c1)C(=O)Nc1ccccc1-c1ccccc1. The minimum absolute atomic E-state index is 0.344. The molecular formula is C24H21BrN2O4. The fourth-order valence-electron chi connectivity index (χ4n) is 2.87. The van der Waals surface area contributed by atoms with Crippen molar-refractivity contribution in [3.8, 4) is 11.1 Å². The highest BCUT2D eigenvalue weighted by atomic mass is 79.9. The highest BCUT2D eigenvalue weighted by Gasteiger charge is 2.19. The van der Waals surface area contributed by atoms with Crippen LogP contribution in [0, 0.1) is 0 Å². The van der Waals surface area contributed by atoms with Crippen molar-refractivity contribution in [2.75, 3.05) is 11.9 Å². The number of carbonyl (C=O) groups excluding carboxylic acids is 3. The zero-order valence-corrected chi connectivity index (χ0v) is 18.4. The number of nitrogens with one attached hydrogen (secondary N) is 2. The summed E-state index contributed by atoms with van der Waals surface area (Å²) < 4.78 is 5.92. The molecule has 2 amide bonds. The Labute approximate surface area is 188 Å². The number of benzene rings is 3. The van der Waals surface area contributed by atoms with Crippen LogP contribution in [0.4, 0.5) is 5.69 Å². The topological polar surface area (TPSA) is 84.5 Å². The molecule has 1 atom stereocenters. The van der Waals surface area contributed by atoms with Gasteiger partial charge in [0.25, 0.3) is 11.8 Å². The molecule has 0 aliphatic heterocycles. The average Bonchev–Trinajstić information content (AvgIpc) is 2.78. The summed E-state index contributed by atoms with van der Waals surface area (Å²) in [6.07, 6.45) is -1.03. The number of rotatable bonds is 7. The first-order valence-corrected chi connectivity index (χ1v) is 10.4. The lowest BCUT2D eigenvalue weighted by Crippen LogP contribution is -2.35. The molecule has 3 aromatic carbocycles. The van der Waals surface area contributed by atoms with E-state index in [2.05, 4.69) is 26.6 Å². The maximum Gasteiger partial charge on any atom is 0.326 e. The van der Waals surface area contributed by atoms with E-state index in [-0.39, 0.29) is 6.54 Å². The van der Waals surface area contributed by atoms with E-state index in [0.29, 0.717) is 11.3 Å². The molecule has 0 saturated heterocycles. The Morgan fingerprint density at radius 1 is 0.935 bits per heavy atom. The smallest absolute Gasteiger partial charge is 0.326 e. The molecule has 0 fully saturated rings. The van der Waals surface area contributed by atoms with Gasteiger partial charge in [-0.1, -0.05) is 70.5 Å². The second kappa shape index (κ2) is 10.5. The van der Waals surface area contributed by atoms with E-state index in [1.54, 1.807) is 30.3 Å². The highest BCUT2D eigenvalue weighted by molar-refractivity contribution is 9.10. The molecule has 2 N–H and O–H groups in total. The third-order valence-corrected chi connectivity index (χ3v) is 4.92. The first kappa shape index (κ1) is 22.2. The van der Waals surface area contributed by atoms with Crippen LogP contribution in [0.15, 0.2) is 83.3 Å². The Morgan fingerprint density at radius 3 is 2.39 bits per heavy atom. The van der Waals surface area contributed by atoms with Gasteiger partial charge >= 0.3 is 5.97 Å².